The lowest BCUT2D eigenvalue weighted by Gasteiger charge is -2.56. The van der Waals surface area contributed by atoms with Gasteiger partial charge in [-0.1, -0.05) is 23.7 Å². The number of ether oxygens (including phenoxy) is 1. The maximum Gasteiger partial charge on any atom is 0.309 e. The highest BCUT2D eigenvalue weighted by Crippen LogP contribution is 2.47. The van der Waals surface area contributed by atoms with Crippen LogP contribution in [-0.2, 0) is 25.7 Å². The molecule has 1 aliphatic heterocycles. The monoisotopic (exact) mass is 459 g/mol. The summed E-state index contributed by atoms with van der Waals surface area (Å²) >= 11 is 5.96. The van der Waals surface area contributed by atoms with Crippen molar-refractivity contribution in [2.24, 2.45) is 5.92 Å². The van der Waals surface area contributed by atoms with Gasteiger partial charge in [0.2, 0.25) is 5.91 Å². The van der Waals surface area contributed by atoms with Crippen molar-refractivity contribution in [1.29, 1.82) is 0 Å². The van der Waals surface area contributed by atoms with Gasteiger partial charge < -0.3 is 9.64 Å². The van der Waals surface area contributed by atoms with Crippen LogP contribution in [0.1, 0.15) is 30.9 Å². The van der Waals surface area contributed by atoms with Gasteiger partial charge in [-0.25, -0.2) is 9.37 Å². The van der Waals surface area contributed by atoms with Gasteiger partial charge in [-0.3, -0.25) is 19.3 Å². The van der Waals surface area contributed by atoms with Crippen LogP contribution < -0.4 is 4.90 Å². The minimum absolute atomic E-state index is 0.119. The van der Waals surface area contributed by atoms with E-state index in [-0.39, 0.29) is 44.3 Å². The summed E-state index contributed by atoms with van der Waals surface area (Å²) in [5, 5.41) is 0.558. The van der Waals surface area contributed by atoms with Gasteiger partial charge in [0.05, 0.1) is 12.5 Å². The normalized spacial score (nSPS) is 22.8. The molecule has 9 heteroatoms. The number of pyridine rings is 1. The van der Waals surface area contributed by atoms with Crippen LogP contribution in [0, 0.1) is 18.7 Å². The number of nitrogens with zero attached hydrogens (tertiary/aromatic N) is 3. The molecular formula is C23H23ClFN3O4. The Hall–Kier alpha value is -3.00. The number of benzene rings is 1. The smallest absolute Gasteiger partial charge is 0.309 e. The Labute approximate surface area is 190 Å². The van der Waals surface area contributed by atoms with E-state index in [2.05, 4.69) is 4.98 Å². The van der Waals surface area contributed by atoms with Crippen molar-refractivity contribution in [2.45, 2.75) is 38.8 Å². The Kier molecular flexibility index (Phi) is 5.90. The average molecular weight is 460 g/mol. The molecule has 2 amide bonds. The molecule has 7 nitrogen and oxygen atoms in total. The SMILES string of the molecule is CCOC(=O)C1CC2(C1)C(=O)N(c1ncc(C)cc1F)CC(=O)N2Cc1ccc(Cl)cc1. The summed E-state index contributed by atoms with van der Waals surface area (Å²) < 4.78 is 19.7. The summed E-state index contributed by atoms with van der Waals surface area (Å²) in [5.41, 5.74) is 0.139. The molecule has 0 bridgehead atoms. The molecule has 2 heterocycles. The molecule has 0 unspecified atom stereocenters. The van der Waals surface area contributed by atoms with Crippen molar-refractivity contribution < 1.29 is 23.5 Å². The molecule has 2 fully saturated rings. The van der Waals surface area contributed by atoms with E-state index in [4.69, 9.17) is 16.3 Å². The van der Waals surface area contributed by atoms with Gasteiger partial charge in [-0.2, -0.15) is 0 Å². The summed E-state index contributed by atoms with van der Waals surface area (Å²) in [5.74, 6) is -2.55. The predicted octanol–water partition coefficient (Wildman–Crippen LogP) is 3.27. The van der Waals surface area contributed by atoms with Gasteiger partial charge in [-0.05, 0) is 56.0 Å². The Morgan fingerprint density at radius 1 is 1.28 bits per heavy atom. The molecule has 0 radical (unpaired) electrons. The van der Waals surface area contributed by atoms with Crippen molar-refractivity contribution in [3.8, 4) is 0 Å². The molecule has 4 rings (SSSR count). The molecule has 2 aromatic rings. The third-order valence-corrected chi connectivity index (χ3v) is 6.26. The zero-order chi connectivity index (χ0) is 23.0. The third kappa shape index (κ3) is 3.83. The van der Waals surface area contributed by atoms with E-state index in [9.17, 15) is 18.8 Å². The Balaban J connectivity index is 1.68. The van der Waals surface area contributed by atoms with Crippen LogP contribution in [0.25, 0.3) is 0 Å². The second-order valence-electron chi connectivity index (χ2n) is 8.20. The number of rotatable bonds is 5. The number of aromatic nitrogens is 1. The number of carbonyl (C=O) groups is 3. The van der Waals surface area contributed by atoms with Gasteiger partial charge in [-0.15, -0.1) is 0 Å². The Bertz CT molecular complexity index is 1070. The van der Waals surface area contributed by atoms with Gasteiger partial charge >= 0.3 is 5.97 Å². The Morgan fingerprint density at radius 3 is 2.59 bits per heavy atom. The quantitative estimate of drug-likeness (QED) is 0.641. The molecule has 1 aromatic carbocycles. The molecule has 1 aromatic heterocycles. The lowest BCUT2D eigenvalue weighted by atomic mass is 9.65. The van der Waals surface area contributed by atoms with Crippen LogP contribution in [0.4, 0.5) is 10.2 Å². The standard InChI is InChI=1S/C23H23ClFN3O4/c1-3-32-21(30)16-9-23(10-16)22(31)27(20-18(25)8-14(2)11-26-20)13-19(29)28(23)12-15-4-6-17(24)7-5-15/h4-8,11,16H,3,9-10,12-13H2,1-2H3. The molecule has 1 aliphatic carbocycles. The summed E-state index contributed by atoms with van der Waals surface area (Å²) in [6, 6.07) is 8.25. The first-order chi connectivity index (χ1) is 15.2. The molecule has 1 saturated heterocycles. The van der Waals surface area contributed by atoms with Crippen molar-refractivity contribution >= 4 is 35.2 Å². The second-order valence-corrected chi connectivity index (χ2v) is 8.64. The lowest BCUT2D eigenvalue weighted by molar-refractivity contribution is -0.172. The van der Waals surface area contributed by atoms with Crippen LogP contribution in [0.15, 0.2) is 36.5 Å². The van der Waals surface area contributed by atoms with E-state index >= 15 is 0 Å². The van der Waals surface area contributed by atoms with Crippen molar-refractivity contribution in [3.63, 3.8) is 0 Å². The summed E-state index contributed by atoms with van der Waals surface area (Å²) in [7, 11) is 0. The topological polar surface area (TPSA) is 79.8 Å². The first kappa shape index (κ1) is 22.2. The van der Waals surface area contributed by atoms with Gasteiger partial charge in [0.1, 0.15) is 12.1 Å². The van der Waals surface area contributed by atoms with Crippen molar-refractivity contribution in [1.82, 2.24) is 9.88 Å². The fraction of sp³-hybridized carbons (Fsp3) is 0.391. The summed E-state index contributed by atoms with van der Waals surface area (Å²) in [4.78, 5) is 45.8. The third-order valence-electron chi connectivity index (χ3n) is 6.01. The van der Waals surface area contributed by atoms with E-state index in [1.165, 1.54) is 17.2 Å². The number of halogens is 2. The molecule has 1 saturated carbocycles. The predicted molar refractivity (Wildman–Crippen MR) is 115 cm³/mol. The number of hydrogen-bond donors (Lipinski definition) is 0. The molecule has 1 spiro atoms. The highest BCUT2D eigenvalue weighted by atomic mass is 35.5. The van der Waals surface area contributed by atoms with Crippen LogP contribution in [-0.4, -0.2) is 46.4 Å². The fourth-order valence-corrected chi connectivity index (χ4v) is 4.51. The molecule has 0 N–H and O–H groups in total. The van der Waals surface area contributed by atoms with E-state index < -0.39 is 29.2 Å². The van der Waals surface area contributed by atoms with Crippen LogP contribution >= 0.6 is 11.6 Å². The zero-order valence-corrected chi connectivity index (χ0v) is 18.6. The zero-order valence-electron chi connectivity index (χ0n) is 17.8. The second kappa shape index (κ2) is 8.50. The maximum atomic E-state index is 14.6. The van der Waals surface area contributed by atoms with Gasteiger partial charge in [0, 0.05) is 17.8 Å². The fourth-order valence-electron chi connectivity index (χ4n) is 4.38. The number of piperazine rings is 1. The van der Waals surface area contributed by atoms with Crippen LogP contribution in [0.2, 0.25) is 5.02 Å². The molecule has 2 aliphatic rings. The lowest BCUT2D eigenvalue weighted by Crippen LogP contribution is -2.73. The van der Waals surface area contributed by atoms with E-state index in [0.29, 0.717) is 10.6 Å². The van der Waals surface area contributed by atoms with E-state index in [1.54, 1.807) is 38.1 Å². The minimum atomic E-state index is -1.26. The summed E-state index contributed by atoms with van der Waals surface area (Å²) in [6.45, 7) is 3.48. The minimum Gasteiger partial charge on any atom is -0.466 e. The van der Waals surface area contributed by atoms with E-state index in [0.717, 1.165) is 10.5 Å². The number of carbonyl (C=O) groups excluding carboxylic acids is 3. The van der Waals surface area contributed by atoms with Crippen LogP contribution in [0.5, 0.6) is 0 Å². The highest BCUT2D eigenvalue weighted by molar-refractivity contribution is 6.30. The molecule has 0 atom stereocenters. The van der Waals surface area contributed by atoms with Gasteiger partial charge in [0.25, 0.3) is 5.91 Å². The van der Waals surface area contributed by atoms with Crippen molar-refractivity contribution in [2.75, 3.05) is 18.1 Å². The van der Waals surface area contributed by atoms with Crippen molar-refractivity contribution in [3.05, 3.63) is 58.5 Å². The first-order valence-corrected chi connectivity index (χ1v) is 10.8. The number of aryl methyl sites for hydroxylation is 1. The summed E-state index contributed by atoms with van der Waals surface area (Å²) in [6.07, 6.45) is 1.69. The molecular weight excluding hydrogens is 437 g/mol. The number of esters is 1. The average Bonchev–Trinajstić information content (AvgIpc) is 2.71. The Morgan fingerprint density at radius 2 is 1.97 bits per heavy atom. The maximum absolute atomic E-state index is 14.6. The van der Waals surface area contributed by atoms with Gasteiger partial charge in [0.15, 0.2) is 11.6 Å². The van der Waals surface area contributed by atoms with Crippen LogP contribution in [0.3, 0.4) is 0 Å². The molecule has 32 heavy (non-hydrogen) atoms. The number of amides is 2. The largest absolute Gasteiger partial charge is 0.466 e. The van der Waals surface area contributed by atoms with E-state index in [1.807, 2.05) is 0 Å². The number of hydrogen-bond acceptors (Lipinski definition) is 5. The first-order valence-electron chi connectivity index (χ1n) is 10.4. The molecule has 168 valence electrons. The number of anilines is 1. The highest BCUT2D eigenvalue weighted by Gasteiger charge is 2.62.